The average molecular weight is 395 g/mol. The molecule has 0 amide bonds. The van der Waals surface area contributed by atoms with Gasteiger partial charge in [0.25, 0.3) is 0 Å². The fraction of sp³-hybridized carbons (Fsp3) is 0.0323. The normalized spacial score (nSPS) is 11.4. The van der Waals surface area contributed by atoms with Gasteiger partial charge in [0.2, 0.25) is 0 Å². The van der Waals surface area contributed by atoms with Gasteiger partial charge >= 0.3 is 0 Å². The molecule has 0 saturated carbocycles. The summed E-state index contributed by atoms with van der Waals surface area (Å²) in [5, 5.41) is 7.90. The van der Waals surface area contributed by atoms with Crippen LogP contribution in [0.2, 0.25) is 0 Å². The molecule has 6 rings (SSSR count). The van der Waals surface area contributed by atoms with Gasteiger partial charge in [-0.25, -0.2) is 0 Å². The Morgan fingerprint density at radius 1 is 0.387 bits per heavy atom. The van der Waals surface area contributed by atoms with Crippen LogP contribution < -0.4 is 0 Å². The Hall–Kier alpha value is -3.90. The molecule has 0 heterocycles. The lowest BCUT2D eigenvalue weighted by Crippen LogP contribution is -1.88. The fourth-order valence-corrected chi connectivity index (χ4v) is 4.89. The molecule has 0 atom stereocenters. The first-order chi connectivity index (χ1) is 15.3. The summed E-state index contributed by atoms with van der Waals surface area (Å²) in [6, 6.07) is 41.9. The van der Waals surface area contributed by atoms with E-state index < -0.39 is 0 Å². The standard InChI is InChI=1S/C31H22/c1-21-9-6-10-22(19-21)23-11-7-12-24(20-23)25-17-8-18-30-28-14-3-2-13-26(28)27-15-4-5-16-29(27)31(25)30/h2-20H,1H3. The number of hydrogen-bond acceptors (Lipinski definition) is 0. The summed E-state index contributed by atoms with van der Waals surface area (Å²) in [4.78, 5) is 0. The minimum absolute atomic E-state index is 1.25. The first-order valence-electron chi connectivity index (χ1n) is 10.8. The smallest absolute Gasteiger partial charge is 0.00204 e. The van der Waals surface area contributed by atoms with Gasteiger partial charge in [-0.2, -0.15) is 0 Å². The van der Waals surface area contributed by atoms with Crippen molar-refractivity contribution in [3.63, 3.8) is 0 Å². The van der Waals surface area contributed by atoms with Gasteiger partial charge in [-0.3, -0.25) is 0 Å². The highest BCUT2D eigenvalue weighted by atomic mass is 14.2. The van der Waals surface area contributed by atoms with E-state index in [9.17, 15) is 0 Å². The van der Waals surface area contributed by atoms with Crippen molar-refractivity contribution in [2.75, 3.05) is 0 Å². The van der Waals surface area contributed by atoms with E-state index in [-0.39, 0.29) is 0 Å². The zero-order chi connectivity index (χ0) is 20.8. The van der Waals surface area contributed by atoms with E-state index in [0.717, 1.165) is 0 Å². The summed E-state index contributed by atoms with van der Waals surface area (Å²) in [7, 11) is 0. The van der Waals surface area contributed by atoms with Gasteiger partial charge in [0.05, 0.1) is 0 Å². The van der Waals surface area contributed by atoms with Crippen LogP contribution in [0.3, 0.4) is 0 Å². The lowest BCUT2D eigenvalue weighted by atomic mass is 9.89. The van der Waals surface area contributed by atoms with Crippen LogP contribution in [0.4, 0.5) is 0 Å². The average Bonchev–Trinajstić information content (AvgIpc) is 2.84. The molecule has 0 bridgehead atoms. The highest BCUT2D eigenvalue weighted by Gasteiger charge is 2.12. The molecule has 31 heavy (non-hydrogen) atoms. The summed E-state index contributed by atoms with van der Waals surface area (Å²) in [5.74, 6) is 0. The zero-order valence-corrected chi connectivity index (χ0v) is 17.5. The predicted molar refractivity (Wildman–Crippen MR) is 135 cm³/mol. The van der Waals surface area contributed by atoms with Crippen LogP contribution >= 0.6 is 0 Å². The predicted octanol–water partition coefficient (Wildman–Crippen LogP) is 8.79. The molecule has 0 aliphatic rings. The molecular formula is C31H22. The molecule has 6 aromatic carbocycles. The topological polar surface area (TPSA) is 0 Å². The maximum atomic E-state index is 2.33. The molecule has 146 valence electrons. The van der Waals surface area contributed by atoms with Gasteiger partial charge in [0.15, 0.2) is 0 Å². The van der Waals surface area contributed by atoms with Crippen molar-refractivity contribution in [3.05, 3.63) is 121 Å². The van der Waals surface area contributed by atoms with Gasteiger partial charge in [0.1, 0.15) is 0 Å². The Bertz CT molecular complexity index is 1540. The molecule has 0 nitrogen and oxygen atoms in total. The summed E-state index contributed by atoms with van der Waals surface area (Å²) in [6.07, 6.45) is 0. The van der Waals surface area contributed by atoms with Crippen LogP contribution in [-0.2, 0) is 0 Å². The van der Waals surface area contributed by atoms with Crippen molar-refractivity contribution in [1.29, 1.82) is 0 Å². The number of rotatable bonds is 2. The Kier molecular flexibility index (Phi) is 4.11. The van der Waals surface area contributed by atoms with Crippen LogP contribution in [-0.4, -0.2) is 0 Å². The molecule has 0 fully saturated rings. The van der Waals surface area contributed by atoms with Crippen LogP contribution in [0.1, 0.15) is 5.56 Å². The lowest BCUT2D eigenvalue weighted by molar-refractivity contribution is 1.47. The third-order valence-electron chi connectivity index (χ3n) is 6.29. The fourth-order valence-electron chi connectivity index (χ4n) is 4.89. The largest absolute Gasteiger partial charge is 0.0616 e. The minimum Gasteiger partial charge on any atom is -0.0616 e. The van der Waals surface area contributed by atoms with Gasteiger partial charge in [-0.1, -0.05) is 115 Å². The molecule has 6 aromatic rings. The second-order valence-corrected chi connectivity index (χ2v) is 8.27. The van der Waals surface area contributed by atoms with Crippen molar-refractivity contribution >= 4 is 32.3 Å². The quantitative estimate of drug-likeness (QED) is 0.257. The van der Waals surface area contributed by atoms with Gasteiger partial charge in [-0.05, 0) is 67.6 Å². The molecule has 0 aliphatic heterocycles. The lowest BCUT2D eigenvalue weighted by Gasteiger charge is -2.15. The monoisotopic (exact) mass is 394 g/mol. The maximum Gasteiger partial charge on any atom is -0.00204 e. The molecule has 0 spiro atoms. The highest BCUT2D eigenvalue weighted by molar-refractivity contribution is 6.28. The van der Waals surface area contributed by atoms with Crippen molar-refractivity contribution in [1.82, 2.24) is 0 Å². The van der Waals surface area contributed by atoms with Crippen molar-refractivity contribution in [2.45, 2.75) is 6.92 Å². The van der Waals surface area contributed by atoms with E-state index in [1.165, 1.54) is 60.1 Å². The highest BCUT2D eigenvalue weighted by Crippen LogP contribution is 2.40. The minimum atomic E-state index is 1.25. The number of fused-ring (bicyclic) bond motifs is 6. The summed E-state index contributed by atoms with van der Waals surface area (Å²) in [5.41, 5.74) is 6.34. The summed E-state index contributed by atoms with van der Waals surface area (Å²) < 4.78 is 0. The number of hydrogen-bond donors (Lipinski definition) is 0. The zero-order valence-electron chi connectivity index (χ0n) is 17.5. The second kappa shape index (κ2) is 7.11. The summed E-state index contributed by atoms with van der Waals surface area (Å²) >= 11 is 0. The maximum absolute atomic E-state index is 2.33. The number of benzene rings is 6. The van der Waals surface area contributed by atoms with Crippen LogP contribution in [0.5, 0.6) is 0 Å². The third-order valence-corrected chi connectivity index (χ3v) is 6.29. The Morgan fingerprint density at radius 3 is 1.55 bits per heavy atom. The summed E-state index contributed by atoms with van der Waals surface area (Å²) in [6.45, 7) is 2.15. The van der Waals surface area contributed by atoms with Crippen LogP contribution in [0.15, 0.2) is 115 Å². The Labute approximate surface area is 182 Å². The first kappa shape index (κ1) is 17.9. The molecule has 0 aliphatic carbocycles. The molecule has 0 saturated heterocycles. The van der Waals surface area contributed by atoms with Gasteiger partial charge in [-0.15, -0.1) is 0 Å². The second-order valence-electron chi connectivity index (χ2n) is 8.27. The molecular weight excluding hydrogens is 372 g/mol. The SMILES string of the molecule is Cc1cccc(-c2cccc(-c3cccc4c5ccccc5c5ccccc5c34)c2)c1. The molecule has 0 unspecified atom stereocenters. The molecule has 0 radical (unpaired) electrons. The van der Waals surface area contributed by atoms with Crippen molar-refractivity contribution in [3.8, 4) is 22.3 Å². The van der Waals surface area contributed by atoms with E-state index in [0.29, 0.717) is 0 Å². The third kappa shape index (κ3) is 2.92. The van der Waals surface area contributed by atoms with E-state index in [2.05, 4.69) is 122 Å². The molecule has 0 heteroatoms. The molecule has 0 N–H and O–H groups in total. The molecule has 0 aromatic heterocycles. The first-order valence-corrected chi connectivity index (χ1v) is 10.8. The number of aryl methyl sites for hydroxylation is 1. The van der Waals surface area contributed by atoms with E-state index >= 15 is 0 Å². The van der Waals surface area contributed by atoms with E-state index in [1.54, 1.807) is 0 Å². The van der Waals surface area contributed by atoms with Crippen LogP contribution in [0.25, 0.3) is 54.6 Å². The van der Waals surface area contributed by atoms with Gasteiger partial charge in [0, 0.05) is 0 Å². The van der Waals surface area contributed by atoms with E-state index in [4.69, 9.17) is 0 Å². The van der Waals surface area contributed by atoms with E-state index in [1.807, 2.05) is 0 Å². The van der Waals surface area contributed by atoms with Crippen LogP contribution in [0, 0.1) is 6.92 Å². The Morgan fingerprint density at radius 2 is 0.871 bits per heavy atom. The van der Waals surface area contributed by atoms with Gasteiger partial charge < -0.3 is 0 Å². The Balaban J connectivity index is 1.69. The van der Waals surface area contributed by atoms with Crippen molar-refractivity contribution < 1.29 is 0 Å². The van der Waals surface area contributed by atoms with Crippen molar-refractivity contribution in [2.24, 2.45) is 0 Å².